The normalized spacial score (nSPS) is 13.4. The van der Waals surface area contributed by atoms with E-state index in [0.717, 1.165) is 0 Å². The van der Waals surface area contributed by atoms with Crippen LogP contribution >= 0.6 is 0 Å². The monoisotopic (exact) mass is 312 g/mol. The smallest absolute Gasteiger partial charge is 0.407 e. The van der Waals surface area contributed by atoms with E-state index in [1.807, 2.05) is 0 Å². The van der Waals surface area contributed by atoms with Crippen LogP contribution in [0.1, 0.15) is 27.7 Å². The second kappa shape index (κ2) is 7.29. The SMILES string of the molecule is C[C@@H](COS(=O)(=O)COC(N)=O)NC(=O)OC(C)(C)C. The number of alkyl carbamates (subject to hydrolysis) is 1. The zero-order chi connectivity index (χ0) is 16.0. The van der Waals surface area contributed by atoms with Crippen molar-refractivity contribution in [2.45, 2.75) is 39.3 Å². The molecule has 20 heavy (non-hydrogen) atoms. The molecule has 2 amide bonds. The molecule has 0 aromatic rings. The van der Waals surface area contributed by atoms with Crippen molar-refractivity contribution in [2.24, 2.45) is 5.73 Å². The predicted octanol–water partition coefficient (Wildman–Crippen LogP) is 0.299. The first kappa shape index (κ1) is 18.4. The zero-order valence-electron chi connectivity index (χ0n) is 11.8. The molecule has 118 valence electrons. The number of primary amides is 1. The summed E-state index contributed by atoms with van der Waals surface area (Å²) in [5.74, 6) is -0.985. The van der Waals surface area contributed by atoms with Crippen molar-refractivity contribution in [3.05, 3.63) is 0 Å². The van der Waals surface area contributed by atoms with Gasteiger partial charge < -0.3 is 20.5 Å². The lowest BCUT2D eigenvalue weighted by Gasteiger charge is -2.21. The molecular weight excluding hydrogens is 292 g/mol. The quantitative estimate of drug-likeness (QED) is 0.673. The van der Waals surface area contributed by atoms with Gasteiger partial charge in [-0.25, -0.2) is 9.59 Å². The number of carbonyl (C=O) groups is 2. The van der Waals surface area contributed by atoms with Gasteiger partial charge in [-0.15, -0.1) is 0 Å². The highest BCUT2D eigenvalue weighted by Crippen LogP contribution is 2.07. The van der Waals surface area contributed by atoms with Gasteiger partial charge in [0.1, 0.15) is 5.60 Å². The Labute approximate surface area is 117 Å². The van der Waals surface area contributed by atoms with Gasteiger partial charge in [0.05, 0.1) is 12.6 Å². The van der Waals surface area contributed by atoms with E-state index in [0.29, 0.717) is 0 Å². The van der Waals surface area contributed by atoms with E-state index in [1.54, 1.807) is 20.8 Å². The van der Waals surface area contributed by atoms with Crippen molar-refractivity contribution in [1.29, 1.82) is 0 Å². The van der Waals surface area contributed by atoms with Crippen molar-refractivity contribution in [3.63, 3.8) is 0 Å². The molecule has 0 unspecified atom stereocenters. The summed E-state index contributed by atoms with van der Waals surface area (Å²) in [6, 6.07) is -0.617. The lowest BCUT2D eigenvalue weighted by atomic mass is 10.2. The second-order valence-electron chi connectivity index (χ2n) is 4.97. The molecule has 0 aliphatic heterocycles. The van der Waals surface area contributed by atoms with E-state index in [2.05, 4.69) is 20.0 Å². The number of amides is 2. The number of nitrogens with two attached hydrogens (primary N) is 1. The third-order valence-corrected chi connectivity index (χ3v) is 2.51. The van der Waals surface area contributed by atoms with Crippen molar-refractivity contribution < 1.29 is 31.7 Å². The molecule has 0 saturated heterocycles. The van der Waals surface area contributed by atoms with Gasteiger partial charge in [0.2, 0.25) is 5.94 Å². The van der Waals surface area contributed by atoms with Crippen molar-refractivity contribution in [2.75, 3.05) is 12.5 Å². The molecule has 0 aromatic heterocycles. The van der Waals surface area contributed by atoms with Crippen LogP contribution in [0.3, 0.4) is 0 Å². The Morgan fingerprint density at radius 2 is 1.85 bits per heavy atom. The highest BCUT2D eigenvalue weighted by molar-refractivity contribution is 7.86. The van der Waals surface area contributed by atoms with Gasteiger partial charge in [-0.3, -0.25) is 4.18 Å². The first-order valence-corrected chi connectivity index (χ1v) is 7.28. The maximum absolute atomic E-state index is 11.4. The fourth-order valence-electron chi connectivity index (χ4n) is 0.920. The highest BCUT2D eigenvalue weighted by atomic mass is 32.2. The molecule has 0 heterocycles. The Balaban J connectivity index is 4.13. The summed E-state index contributed by atoms with van der Waals surface area (Å²) in [5, 5.41) is 2.39. The second-order valence-corrected chi connectivity index (χ2v) is 6.56. The minimum atomic E-state index is -4.06. The lowest BCUT2D eigenvalue weighted by molar-refractivity contribution is 0.0494. The van der Waals surface area contributed by atoms with Crippen LogP contribution in [0.5, 0.6) is 0 Å². The minimum Gasteiger partial charge on any atom is -0.444 e. The molecule has 0 spiro atoms. The largest absolute Gasteiger partial charge is 0.444 e. The van der Waals surface area contributed by atoms with Gasteiger partial charge in [-0.05, 0) is 27.7 Å². The highest BCUT2D eigenvalue weighted by Gasteiger charge is 2.20. The fourth-order valence-corrected chi connectivity index (χ4v) is 1.66. The van der Waals surface area contributed by atoms with Crippen LogP contribution in [0.25, 0.3) is 0 Å². The van der Waals surface area contributed by atoms with Gasteiger partial charge in [0, 0.05) is 0 Å². The maximum atomic E-state index is 11.4. The molecule has 3 N–H and O–H groups in total. The average Bonchev–Trinajstić information content (AvgIpc) is 2.21. The van der Waals surface area contributed by atoms with Gasteiger partial charge in [-0.1, -0.05) is 0 Å². The Bertz CT molecular complexity index is 441. The third kappa shape index (κ3) is 10.4. The Hall–Kier alpha value is -1.55. The number of rotatable bonds is 6. The maximum Gasteiger partial charge on any atom is 0.407 e. The molecule has 0 bridgehead atoms. The first-order chi connectivity index (χ1) is 8.91. The summed E-state index contributed by atoms with van der Waals surface area (Å²) in [6.07, 6.45) is -1.92. The van der Waals surface area contributed by atoms with Crippen molar-refractivity contribution >= 4 is 22.3 Å². The predicted molar refractivity (Wildman–Crippen MR) is 69.2 cm³/mol. The molecule has 9 nitrogen and oxygen atoms in total. The van der Waals surface area contributed by atoms with Crippen LogP contribution in [-0.4, -0.2) is 44.8 Å². The number of hydrogen-bond acceptors (Lipinski definition) is 7. The molecule has 10 heteroatoms. The Morgan fingerprint density at radius 3 is 2.30 bits per heavy atom. The van der Waals surface area contributed by atoms with Crippen LogP contribution in [0.15, 0.2) is 0 Å². The summed E-state index contributed by atoms with van der Waals surface area (Å²) >= 11 is 0. The number of carbonyl (C=O) groups excluding carboxylic acids is 2. The van der Waals surface area contributed by atoms with Crippen molar-refractivity contribution in [3.8, 4) is 0 Å². The molecule has 1 atom stereocenters. The summed E-state index contributed by atoms with van der Waals surface area (Å²) in [6.45, 7) is 6.27. The van der Waals surface area contributed by atoms with Gasteiger partial charge in [0.15, 0.2) is 0 Å². The average molecular weight is 312 g/mol. The molecule has 0 aliphatic carbocycles. The van der Waals surface area contributed by atoms with Crippen molar-refractivity contribution in [1.82, 2.24) is 5.32 Å². The molecular formula is C10H20N2O7S. The molecule has 0 rings (SSSR count). The molecule has 0 aliphatic rings. The Morgan fingerprint density at radius 1 is 1.30 bits per heavy atom. The van der Waals surface area contributed by atoms with Crippen LogP contribution in [0.4, 0.5) is 9.59 Å². The van der Waals surface area contributed by atoms with Crippen LogP contribution in [-0.2, 0) is 23.8 Å². The fraction of sp³-hybridized carbons (Fsp3) is 0.800. The van der Waals surface area contributed by atoms with Gasteiger partial charge in [0.25, 0.3) is 0 Å². The summed E-state index contributed by atoms with van der Waals surface area (Å²) in [5.41, 5.74) is 3.96. The van der Waals surface area contributed by atoms with Crippen LogP contribution < -0.4 is 11.1 Å². The Kier molecular flexibility index (Phi) is 6.73. The van der Waals surface area contributed by atoms with E-state index in [1.165, 1.54) is 6.92 Å². The minimum absolute atomic E-state index is 0.330. The third-order valence-electron chi connectivity index (χ3n) is 1.61. The van der Waals surface area contributed by atoms with E-state index in [-0.39, 0.29) is 6.61 Å². The molecule has 0 fully saturated rings. The first-order valence-electron chi connectivity index (χ1n) is 5.70. The number of ether oxygens (including phenoxy) is 2. The lowest BCUT2D eigenvalue weighted by Crippen LogP contribution is -2.40. The standard InChI is InChI=1S/C10H20N2O7S/c1-7(12-9(14)19-10(2,3)4)5-18-20(15,16)6-17-8(11)13/h7H,5-6H2,1-4H3,(H2,11,13)(H,12,14)/t7-/m0/s1. The van der Waals surface area contributed by atoms with Gasteiger partial charge in [-0.2, -0.15) is 8.42 Å². The molecule has 0 radical (unpaired) electrons. The zero-order valence-corrected chi connectivity index (χ0v) is 12.7. The van der Waals surface area contributed by atoms with E-state index in [9.17, 15) is 18.0 Å². The number of hydrogen-bond donors (Lipinski definition) is 2. The summed E-state index contributed by atoms with van der Waals surface area (Å²) in [4.78, 5) is 21.7. The number of nitrogens with one attached hydrogen (secondary N) is 1. The summed E-state index contributed by atoms with van der Waals surface area (Å²) < 4.78 is 36.1. The molecule has 0 aromatic carbocycles. The van der Waals surface area contributed by atoms with E-state index >= 15 is 0 Å². The van der Waals surface area contributed by atoms with Crippen LogP contribution in [0.2, 0.25) is 0 Å². The van der Waals surface area contributed by atoms with E-state index < -0.39 is 39.9 Å². The summed E-state index contributed by atoms with van der Waals surface area (Å²) in [7, 11) is -4.06. The van der Waals surface area contributed by atoms with Gasteiger partial charge >= 0.3 is 22.3 Å². The molecule has 0 saturated carbocycles. The van der Waals surface area contributed by atoms with Crippen LogP contribution in [0, 0.1) is 0 Å². The van der Waals surface area contributed by atoms with E-state index in [4.69, 9.17) is 4.74 Å². The topological polar surface area (TPSA) is 134 Å².